The second-order valence-corrected chi connectivity index (χ2v) is 22.8. The van der Waals surface area contributed by atoms with Crippen LogP contribution >= 0.6 is 21.6 Å². The molecule has 4 aliphatic carbocycles. The Morgan fingerprint density at radius 2 is 1.71 bits per heavy atom. The fourth-order valence-electron chi connectivity index (χ4n) is 12.6. The monoisotopic (exact) mass is 959 g/mol. The Morgan fingerprint density at radius 1 is 0.897 bits per heavy atom. The zero-order valence-electron chi connectivity index (χ0n) is 38.6. The molecule has 1 aromatic heterocycles. The molecule has 0 radical (unpaired) electrons. The minimum absolute atomic E-state index is 0.00291. The van der Waals surface area contributed by atoms with Crippen molar-refractivity contribution in [3.63, 3.8) is 0 Å². The number of benzene rings is 3. The average molecular weight is 960 g/mol. The van der Waals surface area contributed by atoms with E-state index in [2.05, 4.69) is 29.0 Å². The number of ketones is 2. The van der Waals surface area contributed by atoms with Crippen molar-refractivity contribution in [2.75, 3.05) is 19.0 Å². The first-order chi connectivity index (χ1) is 32.8. The van der Waals surface area contributed by atoms with Crippen LogP contribution in [0, 0.1) is 40.4 Å². The minimum Gasteiger partial charge on any atom is -0.508 e. The Bertz CT molecular complexity index is 2600. The van der Waals surface area contributed by atoms with Crippen molar-refractivity contribution in [1.82, 2.24) is 4.98 Å². The van der Waals surface area contributed by atoms with Crippen molar-refractivity contribution in [2.24, 2.45) is 40.1 Å². The maximum Gasteiger partial charge on any atom is 0.165 e. The molecule has 5 aliphatic rings. The highest BCUT2D eigenvalue weighted by Crippen LogP contribution is 2.63. The summed E-state index contributed by atoms with van der Waals surface area (Å²) in [5.41, 5.74) is 19.2. The molecule has 11 nitrogen and oxygen atoms in total. The normalized spacial score (nSPS) is 28.3. The molecule has 9 rings (SSSR count). The van der Waals surface area contributed by atoms with Gasteiger partial charge in [-0.05, 0) is 151 Å². The van der Waals surface area contributed by atoms with Gasteiger partial charge in [-0.15, -0.1) is 0 Å². The van der Waals surface area contributed by atoms with E-state index in [0.717, 1.165) is 78.5 Å². The number of hydrogen-bond acceptors (Lipinski definition) is 12. The van der Waals surface area contributed by atoms with Gasteiger partial charge in [-0.3, -0.25) is 9.59 Å². The van der Waals surface area contributed by atoms with Gasteiger partial charge in [0.1, 0.15) is 5.75 Å². The number of aliphatic hydroxyl groups excluding tert-OH is 3. The molecule has 3 aromatic carbocycles. The van der Waals surface area contributed by atoms with Crippen molar-refractivity contribution in [3.05, 3.63) is 123 Å². The van der Waals surface area contributed by atoms with Gasteiger partial charge in [0.15, 0.2) is 23.1 Å². The van der Waals surface area contributed by atoms with Crippen molar-refractivity contribution in [1.29, 1.82) is 0 Å². The lowest BCUT2D eigenvalue weighted by Gasteiger charge is -2.49. The number of aromatic amines is 1. The van der Waals surface area contributed by atoms with E-state index in [-0.39, 0.29) is 66.4 Å². The van der Waals surface area contributed by atoms with Gasteiger partial charge in [-0.2, -0.15) is 0 Å². The van der Waals surface area contributed by atoms with E-state index in [4.69, 9.17) is 16.2 Å². The van der Waals surface area contributed by atoms with Crippen LogP contribution in [0.15, 0.2) is 72.9 Å². The standard InChI is InChI=1S/C55H65N3O8S2/c56-53(57)44-23-35-3-1-5-47-42(15-19-58-47)50(64)25-45-43(35)24-36(44)31-67-68-32-37-26-55(29-51(37)65,39-10-9-38-4-2-17-54(38,27-39)28-41(61)30-59)18-14-40(60)11-6-33-8-13-49(63)52(22-33)66-20-16-34-7-12-48(62)46(45)21-34/h7-8,12-15,18-19,21-24,37-39,41,45,51,53,58-59,61-63,65H,2,4-6,9-11,16-17,20,25-32,56-57H2. The van der Waals surface area contributed by atoms with Gasteiger partial charge < -0.3 is 46.7 Å². The van der Waals surface area contributed by atoms with Gasteiger partial charge in [0.05, 0.1) is 38.0 Å². The fourth-order valence-corrected chi connectivity index (χ4v) is 15.1. The lowest BCUT2D eigenvalue weighted by molar-refractivity contribution is -0.114. The number of rotatable bonds is 5. The second kappa shape index (κ2) is 20.8. The highest BCUT2D eigenvalue weighted by molar-refractivity contribution is 8.76. The molecule has 13 heteroatoms. The first-order valence-corrected chi connectivity index (χ1v) is 26.9. The van der Waals surface area contributed by atoms with E-state index in [0.29, 0.717) is 72.0 Å². The summed E-state index contributed by atoms with van der Waals surface area (Å²) in [5.74, 6) is 8.26. The van der Waals surface area contributed by atoms with Crippen molar-refractivity contribution < 1.29 is 39.9 Å². The van der Waals surface area contributed by atoms with Crippen molar-refractivity contribution in [2.45, 2.75) is 120 Å². The Balaban J connectivity index is 1.07. The summed E-state index contributed by atoms with van der Waals surface area (Å²) in [5, 5.41) is 55.1. The van der Waals surface area contributed by atoms with Crippen molar-refractivity contribution in [3.8, 4) is 29.1 Å². The number of nitrogens with two attached hydrogens (primary N) is 2. The number of aromatic nitrogens is 1. The smallest absolute Gasteiger partial charge is 0.165 e. The minimum atomic E-state index is -0.801. The molecule has 4 aromatic rings. The number of aliphatic hydroxyl groups is 3. The maximum atomic E-state index is 14.2. The summed E-state index contributed by atoms with van der Waals surface area (Å²) in [6.07, 6.45) is 13.1. The van der Waals surface area contributed by atoms with Crippen molar-refractivity contribution >= 4 is 33.2 Å². The number of hydrogen-bond donors (Lipinski definition) is 8. The lowest BCUT2D eigenvalue weighted by atomic mass is 9.56. The van der Waals surface area contributed by atoms with E-state index < -0.39 is 29.7 Å². The highest BCUT2D eigenvalue weighted by Gasteiger charge is 2.55. The third kappa shape index (κ3) is 10.3. The Kier molecular flexibility index (Phi) is 14.9. The van der Waals surface area contributed by atoms with Crippen LogP contribution in [0.25, 0.3) is 0 Å². The molecule has 10 N–H and O–H groups in total. The molecule has 2 heterocycles. The van der Waals surface area contributed by atoms with Crippen LogP contribution < -0.4 is 16.2 Å². The van der Waals surface area contributed by atoms with E-state index in [1.807, 2.05) is 24.3 Å². The number of allylic oxidation sites excluding steroid dienone is 2. The van der Waals surface area contributed by atoms with Crippen LogP contribution in [0.5, 0.6) is 17.2 Å². The van der Waals surface area contributed by atoms with Gasteiger partial charge >= 0.3 is 0 Å². The third-order valence-corrected chi connectivity index (χ3v) is 18.5. The van der Waals surface area contributed by atoms with Gasteiger partial charge in [-0.1, -0.05) is 70.2 Å². The Morgan fingerprint density at radius 3 is 2.53 bits per heavy atom. The van der Waals surface area contributed by atoms with Crippen LogP contribution in [0.3, 0.4) is 0 Å². The summed E-state index contributed by atoms with van der Waals surface area (Å²) in [4.78, 5) is 31.2. The number of phenolic OH excluding ortho intramolecular Hbond substituents is 2. The van der Waals surface area contributed by atoms with E-state index in [1.165, 1.54) is 0 Å². The maximum absolute atomic E-state index is 14.2. The number of ether oxygens (including phenoxy) is 1. The molecular formula is C55H65N3O8S2. The number of aromatic hydroxyl groups is 2. The molecule has 360 valence electrons. The first-order valence-electron chi connectivity index (χ1n) is 24.4. The molecule has 3 fully saturated rings. The molecular weight excluding hydrogens is 895 g/mol. The first kappa shape index (κ1) is 48.5. The van der Waals surface area contributed by atoms with Gasteiger partial charge in [0, 0.05) is 65.3 Å². The largest absolute Gasteiger partial charge is 0.508 e. The number of carbonyl (C=O) groups excluding carboxylic acids is 2. The summed E-state index contributed by atoms with van der Waals surface area (Å²) < 4.78 is 6.17. The topological polar surface area (TPSA) is 212 Å². The van der Waals surface area contributed by atoms with Crippen LogP contribution in [-0.2, 0) is 29.8 Å². The number of aryl methyl sites for hydroxylation is 1. The number of nitrogens with one attached hydrogen (secondary N) is 1. The molecule has 0 saturated heterocycles. The molecule has 8 bridgehead atoms. The summed E-state index contributed by atoms with van der Waals surface area (Å²) in [6.45, 7) is -0.0388. The quantitative estimate of drug-likeness (QED) is 0.0539. The van der Waals surface area contributed by atoms with E-state index >= 15 is 0 Å². The second-order valence-electron chi connectivity index (χ2n) is 20.3. The number of fused-ring (bicyclic) bond motifs is 10. The predicted octanol–water partition coefficient (Wildman–Crippen LogP) is 8.32. The van der Waals surface area contributed by atoms with Crippen LogP contribution in [0.4, 0.5) is 0 Å². The Labute approximate surface area is 407 Å². The summed E-state index contributed by atoms with van der Waals surface area (Å²) in [6, 6.07) is 16.4. The third-order valence-electron chi connectivity index (χ3n) is 16.1. The molecule has 0 spiro atoms. The fraction of sp³-hybridized carbons (Fsp3) is 0.491. The van der Waals surface area contributed by atoms with E-state index in [9.17, 15) is 35.1 Å². The summed E-state index contributed by atoms with van der Waals surface area (Å²) in [7, 11) is 3.36. The molecule has 1 aliphatic heterocycles. The number of carbonyl (C=O) groups is 2. The highest BCUT2D eigenvalue weighted by atomic mass is 33.1. The number of H-pyrrole nitrogens is 1. The summed E-state index contributed by atoms with van der Waals surface area (Å²) >= 11 is 0. The van der Waals surface area contributed by atoms with Gasteiger partial charge in [0.25, 0.3) is 0 Å². The van der Waals surface area contributed by atoms with Gasteiger partial charge in [-0.25, -0.2) is 0 Å². The molecule has 8 unspecified atom stereocenters. The predicted molar refractivity (Wildman–Crippen MR) is 267 cm³/mol. The SMILES string of the molecule is NC(N)c1cc2c3cc1CSSCC1CC(C4CCC5CCCC5(CC(O)CO)C4)(C=CC(=O)CCc4ccc(O)c(c4)OCCc4ccc(O)c(c4)C3CC(=O)c3cc[nH]c3CC#C2)CC1O. The number of Topliss-reactive ketones (excluding diaryl/α,β-unsaturated/α-hetero) is 1. The average Bonchev–Trinajstić information content (AvgIpc) is 4.06. The molecule has 8 atom stereocenters. The van der Waals surface area contributed by atoms with Gasteiger partial charge in [0.2, 0.25) is 0 Å². The zero-order chi connectivity index (χ0) is 47.6. The molecule has 0 amide bonds. The lowest BCUT2D eigenvalue weighted by Crippen LogP contribution is -2.42. The zero-order valence-corrected chi connectivity index (χ0v) is 40.3. The van der Waals surface area contributed by atoms with Crippen LogP contribution in [0.1, 0.15) is 138 Å². The van der Waals surface area contributed by atoms with Crippen LogP contribution in [-0.4, -0.2) is 73.3 Å². The Hall–Kier alpha value is -4.52. The van der Waals surface area contributed by atoms with E-state index in [1.54, 1.807) is 58.1 Å². The molecule has 3 saturated carbocycles. The molecule has 68 heavy (non-hydrogen) atoms. The van der Waals surface area contributed by atoms with Crippen LogP contribution in [0.2, 0.25) is 0 Å². The number of phenols is 2.